The van der Waals surface area contributed by atoms with E-state index < -0.39 is 0 Å². The average Bonchev–Trinajstić information content (AvgIpc) is 2.34. The molecule has 0 saturated carbocycles. The van der Waals surface area contributed by atoms with Gasteiger partial charge in [-0.3, -0.25) is 4.79 Å². The van der Waals surface area contributed by atoms with E-state index in [0.717, 1.165) is 19.4 Å². The number of unbranched alkanes of at least 4 members (excludes halogenated alkanes) is 7. The summed E-state index contributed by atoms with van der Waals surface area (Å²) in [6.07, 6.45) is 11.8. The van der Waals surface area contributed by atoms with E-state index in [-0.39, 0.29) is 5.91 Å². The van der Waals surface area contributed by atoms with E-state index in [4.69, 9.17) is 11.6 Å². The number of rotatable bonds is 12. The number of carbonyl (C=O) groups excluding carboxylic acids is 1. The Hall–Kier alpha value is -0.240. The standard InChI is InChI=1S/C14H28ClNO/c1-2-3-4-5-6-7-8-9-13-16-14(17)11-10-12-15/h2-13H2,1H3,(H,16,17). The Balaban J connectivity index is 3.05. The highest BCUT2D eigenvalue weighted by atomic mass is 35.5. The van der Waals surface area contributed by atoms with Crippen LogP contribution in [-0.4, -0.2) is 18.3 Å². The number of alkyl halides is 1. The Bertz CT molecular complexity index is 174. The van der Waals surface area contributed by atoms with Gasteiger partial charge in [0.1, 0.15) is 0 Å². The lowest BCUT2D eigenvalue weighted by atomic mass is 10.1. The topological polar surface area (TPSA) is 29.1 Å². The lowest BCUT2D eigenvalue weighted by Crippen LogP contribution is -2.24. The first-order chi connectivity index (χ1) is 8.31. The van der Waals surface area contributed by atoms with Crippen LogP contribution in [0.5, 0.6) is 0 Å². The molecule has 0 unspecified atom stereocenters. The van der Waals surface area contributed by atoms with Crippen molar-refractivity contribution in [2.24, 2.45) is 0 Å². The third-order valence-corrected chi connectivity index (χ3v) is 3.16. The van der Waals surface area contributed by atoms with Crippen LogP contribution in [-0.2, 0) is 4.79 Å². The van der Waals surface area contributed by atoms with Gasteiger partial charge in [0, 0.05) is 18.8 Å². The van der Waals surface area contributed by atoms with Gasteiger partial charge in [-0.1, -0.05) is 51.9 Å². The van der Waals surface area contributed by atoms with Crippen molar-refractivity contribution in [2.75, 3.05) is 12.4 Å². The molecule has 0 spiro atoms. The molecule has 0 bridgehead atoms. The fourth-order valence-corrected chi connectivity index (χ4v) is 1.94. The minimum Gasteiger partial charge on any atom is -0.356 e. The maximum Gasteiger partial charge on any atom is 0.220 e. The third-order valence-electron chi connectivity index (χ3n) is 2.89. The van der Waals surface area contributed by atoms with Crippen molar-refractivity contribution in [3.05, 3.63) is 0 Å². The van der Waals surface area contributed by atoms with E-state index in [1.807, 2.05) is 0 Å². The van der Waals surface area contributed by atoms with Crippen molar-refractivity contribution >= 4 is 17.5 Å². The minimum absolute atomic E-state index is 0.147. The molecule has 0 saturated heterocycles. The summed E-state index contributed by atoms with van der Waals surface area (Å²) in [7, 11) is 0. The smallest absolute Gasteiger partial charge is 0.220 e. The van der Waals surface area contributed by atoms with Crippen LogP contribution in [0, 0.1) is 0 Å². The highest BCUT2D eigenvalue weighted by Gasteiger charge is 1.98. The second kappa shape index (κ2) is 13.8. The molecule has 3 heteroatoms. The van der Waals surface area contributed by atoms with Gasteiger partial charge in [0.05, 0.1) is 0 Å². The van der Waals surface area contributed by atoms with Gasteiger partial charge < -0.3 is 5.32 Å². The molecule has 2 nitrogen and oxygen atoms in total. The first-order valence-corrected chi connectivity index (χ1v) is 7.67. The molecule has 0 heterocycles. The number of amides is 1. The van der Waals surface area contributed by atoms with Gasteiger partial charge in [0.2, 0.25) is 5.91 Å². The van der Waals surface area contributed by atoms with Crippen LogP contribution in [0.15, 0.2) is 0 Å². The summed E-state index contributed by atoms with van der Waals surface area (Å²) < 4.78 is 0. The molecular formula is C14H28ClNO. The number of hydrogen-bond acceptors (Lipinski definition) is 1. The van der Waals surface area contributed by atoms with Gasteiger partial charge in [-0.05, 0) is 12.8 Å². The Morgan fingerprint density at radius 3 is 2.12 bits per heavy atom. The van der Waals surface area contributed by atoms with E-state index >= 15 is 0 Å². The van der Waals surface area contributed by atoms with E-state index in [1.54, 1.807) is 0 Å². The van der Waals surface area contributed by atoms with E-state index in [1.165, 1.54) is 44.9 Å². The zero-order valence-corrected chi connectivity index (χ0v) is 12.0. The Morgan fingerprint density at radius 2 is 1.53 bits per heavy atom. The number of halogens is 1. The zero-order valence-electron chi connectivity index (χ0n) is 11.3. The predicted molar refractivity (Wildman–Crippen MR) is 75.6 cm³/mol. The molecule has 102 valence electrons. The average molecular weight is 262 g/mol. The monoisotopic (exact) mass is 261 g/mol. The molecule has 0 rings (SSSR count). The molecule has 0 atom stereocenters. The van der Waals surface area contributed by atoms with Crippen LogP contribution in [0.4, 0.5) is 0 Å². The van der Waals surface area contributed by atoms with Gasteiger partial charge in [-0.25, -0.2) is 0 Å². The van der Waals surface area contributed by atoms with Gasteiger partial charge >= 0.3 is 0 Å². The largest absolute Gasteiger partial charge is 0.356 e. The van der Waals surface area contributed by atoms with Crippen LogP contribution >= 0.6 is 11.6 Å². The third kappa shape index (κ3) is 13.7. The molecule has 0 aromatic rings. The highest BCUT2D eigenvalue weighted by molar-refractivity contribution is 6.17. The molecule has 0 aliphatic heterocycles. The van der Waals surface area contributed by atoms with E-state index in [2.05, 4.69) is 12.2 Å². The maximum atomic E-state index is 11.2. The summed E-state index contributed by atoms with van der Waals surface area (Å²) >= 11 is 5.52. The highest BCUT2D eigenvalue weighted by Crippen LogP contribution is 2.07. The number of carbonyl (C=O) groups is 1. The fraction of sp³-hybridized carbons (Fsp3) is 0.929. The van der Waals surface area contributed by atoms with Crippen molar-refractivity contribution in [2.45, 2.75) is 71.1 Å². The first kappa shape index (κ1) is 16.8. The van der Waals surface area contributed by atoms with Crippen LogP contribution in [0.1, 0.15) is 71.1 Å². The molecule has 0 aromatic carbocycles. The first-order valence-electron chi connectivity index (χ1n) is 7.14. The van der Waals surface area contributed by atoms with Crippen LogP contribution in [0.2, 0.25) is 0 Å². The summed E-state index contributed by atoms with van der Waals surface area (Å²) in [5, 5.41) is 2.93. The molecule has 0 aliphatic carbocycles. The lowest BCUT2D eigenvalue weighted by molar-refractivity contribution is -0.121. The molecule has 1 amide bonds. The molecule has 0 aromatic heterocycles. The fourth-order valence-electron chi connectivity index (χ4n) is 1.80. The van der Waals surface area contributed by atoms with Gasteiger partial charge in [-0.15, -0.1) is 11.6 Å². The molecular weight excluding hydrogens is 234 g/mol. The van der Waals surface area contributed by atoms with Crippen LogP contribution < -0.4 is 5.32 Å². The molecule has 0 aliphatic rings. The molecule has 1 N–H and O–H groups in total. The lowest BCUT2D eigenvalue weighted by Gasteiger charge is -2.04. The molecule has 0 fully saturated rings. The van der Waals surface area contributed by atoms with Crippen molar-refractivity contribution in [1.82, 2.24) is 5.32 Å². The predicted octanol–water partition coefficient (Wildman–Crippen LogP) is 4.26. The normalized spacial score (nSPS) is 10.5. The summed E-state index contributed by atoms with van der Waals surface area (Å²) in [4.78, 5) is 11.2. The van der Waals surface area contributed by atoms with Gasteiger partial charge in [-0.2, -0.15) is 0 Å². The Morgan fingerprint density at radius 1 is 0.941 bits per heavy atom. The van der Waals surface area contributed by atoms with E-state index in [0.29, 0.717) is 12.3 Å². The maximum absolute atomic E-state index is 11.2. The van der Waals surface area contributed by atoms with Crippen molar-refractivity contribution in [3.8, 4) is 0 Å². The van der Waals surface area contributed by atoms with Crippen molar-refractivity contribution in [1.29, 1.82) is 0 Å². The SMILES string of the molecule is CCCCCCCCCCNC(=O)CCCCl. The van der Waals surface area contributed by atoms with Gasteiger partial charge in [0.25, 0.3) is 0 Å². The van der Waals surface area contributed by atoms with Gasteiger partial charge in [0.15, 0.2) is 0 Å². The van der Waals surface area contributed by atoms with Crippen LogP contribution in [0.3, 0.4) is 0 Å². The quantitative estimate of drug-likeness (QED) is 0.413. The van der Waals surface area contributed by atoms with Crippen molar-refractivity contribution in [3.63, 3.8) is 0 Å². The number of nitrogens with one attached hydrogen (secondary N) is 1. The minimum atomic E-state index is 0.147. The summed E-state index contributed by atoms with van der Waals surface area (Å²) in [5.41, 5.74) is 0. The van der Waals surface area contributed by atoms with Crippen LogP contribution in [0.25, 0.3) is 0 Å². The Kier molecular flexibility index (Phi) is 13.6. The number of hydrogen-bond donors (Lipinski definition) is 1. The molecule has 0 radical (unpaired) electrons. The summed E-state index contributed by atoms with van der Waals surface area (Å²) in [6.45, 7) is 3.07. The Labute approximate surface area is 111 Å². The second-order valence-electron chi connectivity index (χ2n) is 4.62. The second-order valence-corrected chi connectivity index (χ2v) is 5.00. The van der Waals surface area contributed by atoms with Crippen molar-refractivity contribution < 1.29 is 4.79 Å². The zero-order chi connectivity index (χ0) is 12.8. The van der Waals surface area contributed by atoms with E-state index in [9.17, 15) is 4.79 Å². The summed E-state index contributed by atoms with van der Waals surface area (Å²) in [6, 6.07) is 0. The summed E-state index contributed by atoms with van der Waals surface area (Å²) in [5.74, 6) is 0.721. The molecule has 17 heavy (non-hydrogen) atoms.